The lowest BCUT2D eigenvalue weighted by Crippen LogP contribution is -2.52. The molecule has 0 fully saturated rings. The minimum Gasteiger partial charge on any atom is -0.480 e. The standard InChI is InChI=1S/C10H14N2O4/c1-10(2,8(13)14)12-9(15)11-5-7-3-4-16-6-7/h3-4,6H,5H2,1-2H3,(H,13,14)(H2,11,12,15). The molecule has 1 rings (SSSR count). The Hall–Kier alpha value is -1.98. The SMILES string of the molecule is CC(C)(NC(=O)NCc1ccoc1)C(=O)O. The van der Waals surface area contributed by atoms with Gasteiger partial charge in [-0.2, -0.15) is 0 Å². The average Bonchev–Trinajstić information content (AvgIpc) is 2.66. The van der Waals surface area contributed by atoms with Crippen LogP contribution in [-0.2, 0) is 11.3 Å². The number of carboxylic acid groups (broad SMARTS) is 1. The number of aliphatic carboxylic acids is 1. The number of furan rings is 1. The van der Waals surface area contributed by atoms with Crippen molar-refractivity contribution in [2.45, 2.75) is 25.9 Å². The molecular formula is C10H14N2O4. The van der Waals surface area contributed by atoms with Gasteiger partial charge in [-0.05, 0) is 19.9 Å². The highest BCUT2D eigenvalue weighted by Gasteiger charge is 2.28. The second kappa shape index (κ2) is 4.69. The Bertz CT molecular complexity index is 370. The molecule has 0 unspecified atom stereocenters. The topological polar surface area (TPSA) is 91.6 Å². The molecule has 6 nitrogen and oxygen atoms in total. The molecule has 0 aromatic carbocycles. The molecule has 2 amide bonds. The third-order valence-electron chi connectivity index (χ3n) is 1.99. The fraction of sp³-hybridized carbons (Fsp3) is 0.400. The molecule has 88 valence electrons. The van der Waals surface area contributed by atoms with Gasteiger partial charge >= 0.3 is 12.0 Å². The number of urea groups is 1. The van der Waals surface area contributed by atoms with Crippen LogP contribution in [-0.4, -0.2) is 22.6 Å². The van der Waals surface area contributed by atoms with Gasteiger partial charge in [0.15, 0.2) is 0 Å². The number of carboxylic acids is 1. The van der Waals surface area contributed by atoms with Gasteiger partial charge < -0.3 is 20.2 Å². The van der Waals surface area contributed by atoms with Crippen LogP contribution in [0.5, 0.6) is 0 Å². The third-order valence-corrected chi connectivity index (χ3v) is 1.99. The zero-order valence-corrected chi connectivity index (χ0v) is 9.11. The van der Waals surface area contributed by atoms with E-state index in [1.54, 1.807) is 6.07 Å². The minimum atomic E-state index is -1.29. The van der Waals surface area contributed by atoms with Crippen molar-refractivity contribution in [1.82, 2.24) is 10.6 Å². The Labute approximate surface area is 92.6 Å². The largest absolute Gasteiger partial charge is 0.480 e. The molecule has 0 aliphatic rings. The molecular weight excluding hydrogens is 212 g/mol. The van der Waals surface area contributed by atoms with Crippen LogP contribution >= 0.6 is 0 Å². The summed E-state index contributed by atoms with van der Waals surface area (Å²) in [4.78, 5) is 22.1. The second-order valence-corrected chi connectivity index (χ2v) is 3.87. The summed E-state index contributed by atoms with van der Waals surface area (Å²) in [5.74, 6) is -1.09. The van der Waals surface area contributed by atoms with Crippen molar-refractivity contribution in [3.05, 3.63) is 24.2 Å². The van der Waals surface area contributed by atoms with E-state index < -0.39 is 17.5 Å². The van der Waals surface area contributed by atoms with Crippen LogP contribution in [0.2, 0.25) is 0 Å². The van der Waals surface area contributed by atoms with Crippen molar-refractivity contribution in [2.75, 3.05) is 0 Å². The first-order valence-corrected chi connectivity index (χ1v) is 4.72. The van der Waals surface area contributed by atoms with Gasteiger partial charge in [-0.3, -0.25) is 0 Å². The van der Waals surface area contributed by atoms with Crippen molar-refractivity contribution in [1.29, 1.82) is 0 Å². The van der Waals surface area contributed by atoms with Crippen molar-refractivity contribution in [2.24, 2.45) is 0 Å². The maximum atomic E-state index is 11.3. The fourth-order valence-electron chi connectivity index (χ4n) is 0.957. The van der Waals surface area contributed by atoms with Crippen LogP contribution in [0.25, 0.3) is 0 Å². The Morgan fingerprint density at radius 2 is 2.19 bits per heavy atom. The molecule has 0 bridgehead atoms. The lowest BCUT2D eigenvalue weighted by molar-refractivity contribution is -0.142. The first-order chi connectivity index (χ1) is 7.42. The van der Waals surface area contributed by atoms with E-state index in [0.717, 1.165) is 5.56 Å². The summed E-state index contributed by atoms with van der Waals surface area (Å²) in [5, 5.41) is 13.6. The summed E-state index contributed by atoms with van der Waals surface area (Å²) in [5.41, 5.74) is -0.483. The Morgan fingerprint density at radius 3 is 2.69 bits per heavy atom. The predicted molar refractivity (Wildman–Crippen MR) is 55.8 cm³/mol. The highest BCUT2D eigenvalue weighted by Crippen LogP contribution is 2.02. The monoisotopic (exact) mass is 226 g/mol. The average molecular weight is 226 g/mol. The fourth-order valence-corrected chi connectivity index (χ4v) is 0.957. The Morgan fingerprint density at radius 1 is 1.50 bits per heavy atom. The van der Waals surface area contributed by atoms with Crippen molar-refractivity contribution >= 4 is 12.0 Å². The first-order valence-electron chi connectivity index (χ1n) is 4.72. The second-order valence-electron chi connectivity index (χ2n) is 3.87. The van der Waals surface area contributed by atoms with Crippen LogP contribution in [0.3, 0.4) is 0 Å². The van der Waals surface area contributed by atoms with E-state index in [2.05, 4.69) is 10.6 Å². The summed E-state index contributed by atoms with van der Waals surface area (Å²) >= 11 is 0. The lowest BCUT2D eigenvalue weighted by Gasteiger charge is -2.20. The van der Waals surface area contributed by atoms with Crippen molar-refractivity contribution in [3.63, 3.8) is 0 Å². The molecule has 0 aliphatic heterocycles. The van der Waals surface area contributed by atoms with Gasteiger partial charge in [0.25, 0.3) is 0 Å². The normalized spacial score (nSPS) is 10.9. The van der Waals surface area contributed by atoms with Gasteiger partial charge in [0.05, 0.1) is 12.5 Å². The summed E-state index contributed by atoms with van der Waals surface area (Å²) < 4.78 is 4.82. The zero-order valence-electron chi connectivity index (χ0n) is 9.11. The highest BCUT2D eigenvalue weighted by atomic mass is 16.4. The van der Waals surface area contributed by atoms with Crippen molar-refractivity contribution < 1.29 is 19.1 Å². The summed E-state index contributed by atoms with van der Waals surface area (Å²) in [6.45, 7) is 3.11. The van der Waals surface area contributed by atoms with Gasteiger partial charge in [0, 0.05) is 12.1 Å². The molecule has 0 spiro atoms. The number of amides is 2. The minimum absolute atomic E-state index is 0.290. The number of hydrogen-bond donors (Lipinski definition) is 3. The maximum Gasteiger partial charge on any atom is 0.328 e. The van der Waals surface area contributed by atoms with E-state index in [9.17, 15) is 9.59 Å². The van der Waals surface area contributed by atoms with Gasteiger partial charge in [0.1, 0.15) is 5.54 Å². The summed E-state index contributed by atoms with van der Waals surface area (Å²) in [6, 6.07) is 1.18. The van der Waals surface area contributed by atoms with E-state index in [1.165, 1.54) is 26.4 Å². The number of hydrogen-bond acceptors (Lipinski definition) is 3. The predicted octanol–water partition coefficient (Wildman–Crippen LogP) is 0.942. The number of carbonyl (C=O) groups excluding carboxylic acids is 1. The lowest BCUT2D eigenvalue weighted by atomic mass is 10.1. The molecule has 1 aromatic heterocycles. The number of rotatable bonds is 4. The Balaban J connectivity index is 2.39. The van der Waals surface area contributed by atoms with Gasteiger partial charge in [-0.1, -0.05) is 0 Å². The summed E-state index contributed by atoms with van der Waals surface area (Å²) in [6.07, 6.45) is 3.00. The highest BCUT2D eigenvalue weighted by molar-refractivity contribution is 5.85. The van der Waals surface area contributed by atoms with E-state index in [1.807, 2.05) is 0 Å². The molecule has 0 radical (unpaired) electrons. The van der Waals surface area contributed by atoms with E-state index in [0.29, 0.717) is 0 Å². The molecule has 3 N–H and O–H groups in total. The van der Waals surface area contributed by atoms with E-state index in [4.69, 9.17) is 9.52 Å². The van der Waals surface area contributed by atoms with Crippen LogP contribution in [0.15, 0.2) is 23.0 Å². The smallest absolute Gasteiger partial charge is 0.328 e. The summed E-state index contributed by atoms with van der Waals surface area (Å²) in [7, 11) is 0. The zero-order chi connectivity index (χ0) is 12.2. The van der Waals surface area contributed by atoms with E-state index >= 15 is 0 Å². The van der Waals surface area contributed by atoms with Gasteiger partial charge in [-0.15, -0.1) is 0 Å². The molecule has 0 aliphatic carbocycles. The number of carbonyl (C=O) groups is 2. The van der Waals surface area contributed by atoms with Crippen LogP contribution in [0.4, 0.5) is 4.79 Å². The maximum absolute atomic E-state index is 11.3. The van der Waals surface area contributed by atoms with Gasteiger partial charge in [0.2, 0.25) is 0 Å². The molecule has 16 heavy (non-hydrogen) atoms. The van der Waals surface area contributed by atoms with Crippen molar-refractivity contribution in [3.8, 4) is 0 Å². The Kier molecular flexibility index (Phi) is 3.55. The first kappa shape index (κ1) is 12.1. The van der Waals surface area contributed by atoms with E-state index in [-0.39, 0.29) is 6.54 Å². The molecule has 6 heteroatoms. The quantitative estimate of drug-likeness (QED) is 0.712. The molecule has 0 saturated carbocycles. The molecule has 0 saturated heterocycles. The van der Waals surface area contributed by atoms with Gasteiger partial charge in [-0.25, -0.2) is 9.59 Å². The van der Waals surface area contributed by atoms with Crippen LogP contribution in [0, 0.1) is 0 Å². The number of nitrogens with one attached hydrogen (secondary N) is 2. The molecule has 0 atom stereocenters. The molecule has 1 heterocycles. The third kappa shape index (κ3) is 3.30. The molecule has 1 aromatic rings. The van der Waals surface area contributed by atoms with Crippen LogP contribution in [0.1, 0.15) is 19.4 Å². The van der Waals surface area contributed by atoms with Crippen LogP contribution < -0.4 is 10.6 Å².